The highest BCUT2D eigenvalue weighted by molar-refractivity contribution is 5.21. The summed E-state index contributed by atoms with van der Waals surface area (Å²) in [5.74, 6) is 1.83. The molecule has 136 valence electrons. The number of likely N-dealkylation sites (tertiary alicyclic amines) is 1. The average molecular weight is 348 g/mol. The second-order valence-corrected chi connectivity index (χ2v) is 6.41. The maximum atomic E-state index is 12.8. The van der Waals surface area contributed by atoms with Crippen LogP contribution in [0.3, 0.4) is 0 Å². The summed E-state index contributed by atoms with van der Waals surface area (Å²) in [6.45, 7) is 6.14. The van der Waals surface area contributed by atoms with Crippen molar-refractivity contribution >= 4 is 0 Å². The number of aryl methyl sites for hydroxylation is 1. The van der Waals surface area contributed by atoms with Gasteiger partial charge in [-0.15, -0.1) is 0 Å². The highest BCUT2D eigenvalue weighted by atomic mass is 19.1. The Kier molecular flexibility index (Phi) is 6.36. The largest absolute Gasteiger partial charge is 0.494 e. The lowest BCUT2D eigenvalue weighted by Crippen LogP contribution is -2.45. The summed E-state index contributed by atoms with van der Waals surface area (Å²) >= 11 is 0. The maximum absolute atomic E-state index is 12.8. The molecule has 0 amide bonds. The van der Waals surface area contributed by atoms with Gasteiger partial charge in [0.05, 0.1) is 13.2 Å². The summed E-state index contributed by atoms with van der Waals surface area (Å²) in [5.41, 5.74) is 0. The van der Waals surface area contributed by atoms with E-state index < -0.39 is 0 Å². The molecule has 0 aliphatic carbocycles. The lowest BCUT2D eigenvalue weighted by Gasteiger charge is -2.32. The summed E-state index contributed by atoms with van der Waals surface area (Å²) in [6, 6.07) is 6.61. The zero-order valence-electron chi connectivity index (χ0n) is 14.6. The Morgan fingerprint density at radius 3 is 2.96 bits per heavy atom. The van der Waals surface area contributed by atoms with E-state index in [1.165, 1.54) is 25.0 Å². The monoisotopic (exact) mass is 348 g/mol. The summed E-state index contributed by atoms with van der Waals surface area (Å²) in [5, 5.41) is 7.56. The minimum absolute atomic E-state index is 0.244. The number of ether oxygens (including phenoxy) is 1. The van der Waals surface area contributed by atoms with E-state index in [1.54, 1.807) is 12.1 Å². The normalized spacial score (nSPS) is 18.4. The number of benzene rings is 1. The second-order valence-electron chi connectivity index (χ2n) is 6.41. The van der Waals surface area contributed by atoms with Crippen LogP contribution >= 0.6 is 0 Å². The molecular weight excluding hydrogens is 323 g/mol. The van der Waals surface area contributed by atoms with Gasteiger partial charge in [0.1, 0.15) is 11.6 Å². The van der Waals surface area contributed by atoms with E-state index in [4.69, 9.17) is 9.26 Å². The quantitative estimate of drug-likeness (QED) is 0.740. The lowest BCUT2D eigenvalue weighted by molar-refractivity contribution is 0.176. The molecular formula is C18H25FN4O2. The Bertz CT molecular complexity index is 647. The zero-order valence-corrected chi connectivity index (χ0v) is 14.6. The third kappa shape index (κ3) is 5.79. The Morgan fingerprint density at radius 2 is 2.20 bits per heavy atom. The summed E-state index contributed by atoms with van der Waals surface area (Å²) in [7, 11) is 0. The van der Waals surface area contributed by atoms with Gasteiger partial charge in [0, 0.05) is 19.5 Å². The highest BCUT2D eigenvalue weighted by Crippen LogP contribution is 2.13. The summed E-state index contributed by atoms with van der Waals surface area (Å²) in [4.78, 5) is 6.63. The van der Waals surface area contributed by atoms with Crippen molar-refractivity contribution in [3.63, 3.8) is 0 Å². The standard InChI is InChI=1S/C18H25FN4O2/c1-14-21-18(22-25-14)13-23-10-2-4-16(12-23)20-9-3-11-24-17-7-5-15(19)6-8-17/h5-8,16,20H,2-4,9-13H2,1H3/t16-/m1/s1. The molecule has 6 nitrogen and oxygen atoms in total. The molecule has 2 aromatic rings. The Balaban J connectivity index is 1.32. The first-order chi connectivity index (χ1) is 12.2. The molecule has 7 heteroatoms. The highest BCUT2D eigenvalue weighted by Gasteiger charge is 2.20. The molecule has 1 aliphatic heterocycles. The van der Waals surface area contributed by atoms with Gasteiger partial charge in [-0.1, -0.05) is 5.16 Å². The zero-order chi connectivity index (χ0) is 17.5. The minimum atomic E-state index is -0.244. The van der Waals surface area contributed by atoms with Crippen molar-refractivity contribution in [3.8, 4) is 5.75 Å². The van der Waals surface area contributed by atoms with Crippen LogP contribution < -0.4 is 10.1 Å². The van der Waals surface area contributed by atoms with E-state index in [9.17, 15) is 4.39 Å². The fraction of sp³-hybridized carbons (Fsp3) is 0.556. The van der Waals surface area contributed by atoms with Crippen LogP contribution in [0, 0.1) is 12.7 Å². The molecule has 1 aromatic heterocycles. The molecule has 0 saturated carbocycles. The number of piperidine rings is 1. The van der Waals surface area contributed by atoms with Gasteiger partial charge in [0.2, 0.25) is 5.89 Å². The molecule has 1 atom stereocenters. The fourth-order valence-corrected chi connectivity index (χ4v) is 3.07. The van der Waals surface area contributed by atoms with Gasteiger partial charge < -0.3 is 14.6 Å². The number of halogens is 1. The van der Waals surface area contributed by atoms with Crippen LogP contribution in [0.5, 0.6) is 5.75 Å². The Labute approximate surface area is 147 Å². The van der Waals surface area contributed by atoms with Gasteiger partial charge in [-0.3, -0.25) is 4.90 Å². The maximum Gasteiger partial charge on any atom is 0.223 e. The number of hydrogen-bond acceptors (Lipinski definition) is 6. The minimum Gasteiger partial charge on any atom is -0.494 e. The summed E-state index contributed by atoms with van der Waals surface area (Å²) in [6.07, 6.45) is 3.26. The molecule has 1 saturated heterocycles. The first-order valence-electron chi connectivity index (χ1n) is 8.82. The molecule has 1 aromatic carbocycles. The molecule has 0 spiro atoms. The van der Waals surface area contributed by atoms with E-state index in [0.29, 0.717) is 24.3 Å². The van der Waals surface area contributed by atoms with Gasteiger partial charge in [-0.25, -0.2) is 4.39 Å². The van der Waals surface area contributed by atoms with Gasteiger partial charge in [0.25, 0.3) is 0 Å². The van der Waals surface area contributed by atoms with Crippen molar-refractivity contribution in [1.29, 1.82) is 0 Å². The van der Waals surface area contributed by atoms with E-state index in [2.05, 4.69) is 20.4 Å². The van der Waals surface area contributed by atoms with Crippen molar-refractivity contribution in [2.24, 2.45) is 0 Å². The van der Waals surface area contributed by atoms with E-state index in [-0.39, 0.29) is 5.82 Å². The van der Waals surface area contributed by atoms with Gasteiger partial charge >= 0.3 is 0 Å². The van der Waals surface area contributed by atoms with E-state index in [1.807, 2.05) is 6.92 Å². The van der Waals surface area contributed by atoms with Crippen LogP contribution in [0.25, 0.3) is 0 Å². The van der Waals surface area contributed by atoms with Crippen LogP contribution in [0.2, 0.25) is 0 Å². The van der Waals surface area contributed by atoms with Crippen molar-refractivity contribution in [3.05, 3.63) is 41.8 Å². The molecule has 1 fully saturated rings. The van der Waals surface area contributed by atoms with Crippen molar-refractivity contribution in [2.75, 3.05) is 26.2 Å². The molecule has 2 heterocycles. The third-order valence-corrected chi connectivity index (χ3v) is 4.28. The van der Waals surface area contributed by atoms with Crippen molar-refractivity contribution < 1.29 is 13.7 Å². The number of rotatable bonds is 8. The Morgan fingerprint density at radius 1 is 1.36 bits per heavy atom. The molecule has 0 bridgehead atoms. The summed E-state index contributed by atoms with van der Waals surface area (Å²) < 4.78 is 23.5. The third-order valence-electron chi connectivity index (χ3n) is 4.28. The molecule has 25 heavy (non-hydrogen) atoms. The average Bonchev–Trinajstić information content (AvgIpc) is 3.01. The van der Waals surface area contributed by atoms with Gasteiger partial charge in [-0.2, -0.15) is 4.98 Å². The molecule has 0 radical (unpaired) electrons. The topological polar surface area (TPSA) is 63.4 Å². The van der Waals surface area contributed by atoms with Crippen molar-refractivity contribution in [2.45, 2.75) is 38.8 Å². The SMILES string of the molecule is Cc1nc(CN2CCC[C@@H](NCCCOc3ccc(F)cc3)C2)no1. The molecule has 1 N–H and O–H groups in total. The molecule has 3 rings (SSSR count). The number of hydrogen-bond donors (Lipinski definition) is 1. The molecule has 1 aliphatic rings. The van der Waals surface area contributed by atoms with E-state index in [0.717, 1.165) is 38.4 Å². The first kappa shape index (κ1) is 17.8. The number of aromatic nitrogens is 2. The van der Waals surface area contributed by atoms with Crippen LogP contribution in [0.1, 0.15) is 31.0 Å². The van der Waals surface area contributed by atoms with Gasteiger partial charge in [0.15, 0.2) is 5.82 Å². The van der Waals surface area contributed by atoms with Crippen LogP contribution in [-0.2, 0) is 6.54 Å². The predicted molar refractivity (Wildman–Crippen MR) is 91.8 cm³/mol. The predicted octanol–water partition coefficient (Wildman–Crippen LogP) is 2.54. The molecule has 0 unspecified atom stereocenters. The van der Waals surface area contributed by atoms with Crippen LogP contribution in [0.4, 0.5) is 4.39 Å². The smallest absolute Gasteiger partial charge is 0.223 e. The first-order valence-corrected chi connectivity index (χ1v) is 8.82. The van der Waals surface area contributed by atoms with Crippen molar-refractivity contribution in [1.82, 2.24) is 20.4 Å². The fourth-order valence-electron chi connectivity index (χ4n) is 3.07. The van der Waals surface area contributed by atoms with E-state index >= 15 is 0 Å². The van der Waals surface area contributed by atoms with Crippen LogP contribution in [0.15, 0.2) is 28.8 Å². The number of nitrogens with zero attached hydrogens (tertiary/aromatic N) is 3. The second kappa shape index (κ2) is 8.92. The number of nitrogens with one attached hydrogen (secondary N) is 1. The lowest BCUT2D eigenvalue weighted by atomic mass is 10.1. The van der Waals surface area contributed by atoms with Gasteiger partial charge in [-0.05, 0) is 56.6 Å². The Hall–Kier alpha value is -1.99. The van der Waals surface area contributed by atoms with Crippen LogP contribution in [-0.4, -0.2) is 47.3 Å².